The molecular formula is C10H13NO3. The summed E-state index contributed by atoms with van der Waals surface area (Å²) in [5.74, 6) is -1.13. The molecule has 0 amide bonds. The van der Waals surface area contributed by atoms with Crippen LogP contribution in [0.3, 0.4) is 0 Å². The molecule has 1 aliphatic heterocycles. The molecule has 76 valence electrons. The summed E-state index contributed by atoms with van der Waals surface area (Å²) in [6.07, 6.45) is 3.21. The highest BCUT2D eigenvalue weighted by Crippen LogP contribution is 2.35. The molecule has 0 aliphatic carbocycles. The largest absolute Gasteiger partial charge is 0.481 e. The zero-order chi connectivity index (χ0) is 10.2. The van der Waals surface area contributed by atoms with Gasteiger partial charge in [-0.1, -0.05) is 6.92 Å². The van der Waals surface area contributed by atoms with Crippen LogP contribution in [0.25, 0.3) is 0 Å². The highest BCUT2D eigenvalue weighted by atomic mass is 16.4. The predicted molar refractivity (Wildman–Crippen MR) is 50.1 cm³/mol. The summed E-state index contributed by atoms with van der Waals surface area (Å²) in [6, 6.07) is 1.84. The average Bonchev–Trinajstić information content (AvgIpc) is 2.71. The predicted octanol–water partition coefficient (Wildman–Crippen LogP) is 0.841. The minimum Gasteiger partial charge on any atom is -0.481 e. The molecule has 0 aromatic carbocycles. The Bertz CT molecular complexity index is 333. The van der Waals surface area contributed by atoms with Crippen molar-refractivity contribution >= 4 is 5.97 Å². The van der Waals surface area contributed by atoms with Crippen molar-refractivity contribution in [1.82, 2.24) is 5.32 Å². The van der Waals surface area contributed by atoms with Crippen LogP contribution in [0.4, 0.5) is 0 Å². The first-order valence-electron chi connectivity index (χ1n) is 4.61. The minimum atomic E-state index is -0.751. The van der Waals surface area contributed by atoms with Gasteiger partial charge in [0.05, 0.1) is 18.4 Å². The third-order valence-corrected chi connectivity index (χ3v) is 3.09. The second-order valence-electron chi connectivity index (χ2n) is 3.95. The Labute approximate surface area is 81.9 Å². The zero-order valence-electron chi connectivity index (χ0n) is 7.99. The van der Waals surface area contributed by atoms with Crippen molar-refractivity contribution in [3.8, 4) is 0 Å². The number of carbonyl (C=O) groups is 1. The van der Waals surface area contributed by atoms with Crippen LogP contribution in [0.2, 0.25) is 0 Å². The average molecular weight is 195 g/mol. The van der Waals surface area contributed by atoms with Crippen molar-refractivity contribution in [3.63, 3.8) is 0 Å². The van der Waals surface area contributed by atoms with Crippen LogP contribution in [0, 0.1) is 5.92 Å². The van der Waals surface area contributed by atoms with E-state index in [0.29, 0.717) is 13.1 Å². The standard InChI is InChI=1S/C10H13NO3/c1-10(7-2-3-14-5-7)6-11-4-8(10)9(12)13/h2-3,5,8,11H,4,6H2,1H3,(H,12,13). The number of carboxylic acids is 1. The Morgan fingerprint density at radius 3 is 3.14 bits per heavy atom. The monoisotopic (exact) mass is 195 g/mol. The van der Waals surface area contributed by atoms with Crippen molar-refractivity contribution < 1.29 is 14.3 Å². The van der Waals surface area contributed by atoms with E-state index < -0.39 is 5.97 Å². The molecular weight excluding hydrogens is 182 g/mol. The first-order chi connectivity index (χ1) is 6.64. The van der Waals surface area contributed by atoms with Gasteiger partial charge in [-0.05, 0) is 11.6 Å². The molecule has 4 nitrogen and oxygen atoms in total. The smallest absolute Gasteiger partial charge is 0.308 e. The summed E-state index contributed by atoms with van der Waals surface area (Å²) in [6.45, 7) is 3.16. The lowest BCUT2D eigenvalue weighted by Gasteiger charge is -2.26. The summed E-state index contributed by atoms with van der Waals surface area (Å²) in [5.41, 5.74) is 0.605. The summed E-state index contributed by atoms with van der Waals surface area (Å²) < 4.78 is 5.00. The molecule has 14 heavy (non-hydrogen) atoms. The highest BCUT2D eigenvalue weighted by molar-refractivity contribution is 5.73. The van der Waals surface area contributed by atoms with Gasteiger partial charge in [-0.3, -0.25) is 4.79 Å². The molecule has 0 radical (unpaired) electrons. The Balaban J connectivity index is 2.35. The zero-order valence-corrected chi connectivity index (χ0v) is 7.99. The van der Waals surface area contributed by atoms with Gasteiger partial charge in [0.1, 0.15) is 0 Å². The Morgan fingerprint density at radius 1 is 1.79 bits per heavy atom. The number of aliphatic carboxylic acids is 1. The Kier molecular flexibility index (Phi) is 2.07. The van der Waals surface area contributed by atoms with Gasteiger partial charge < -0.3 is 14.8 Å². The van der Waals surface area contributed by atoms with Crippen LogP contribution < -0.4 is 5.32 Å². The van der Waals surface area contributed by atoms with Crippen LogP contribution in [0.15, 0.2) is 23.0 Å². The fourth-order valence-electron chi connectivity index (χ4n) is 2.08. The van der Waals surface area contributed by atoms with Crippen molar-refractivity contribution in [2.24, 2.45) is 5.92 Å². The van der Waals surface area contributed by atoms with Gasteiger partial charge in [0, 0.05) is 18.5 Å². The first kappa shape index (κ1) is 9.27. The molecule has 1 fully saturated rings. The number of hydrogen-bond acceptors (Lipinski definition) is 3. The van der Waals surface area contributed by atoms with Crippen LogP contribution in [0.5, 0.6) is 0 Å². The maximum absolute atomic E-state index is 11.0. The van der Waals surface area contributed by atoms with E-state index in [4.69, 9.17) is 9.52 Å². The SMILES string of the molecule is CC1(c2ccoc2)CNCC1C(=O)O. The molecule has 1 aliphatic rings. The van der Waals surface area contributed by atoms with E-state index in [0.717, 1.165) is 5.56 Å². The number of rotatable bonds is 2. The van der Waals surface area contributed by atoms with Crippen molar-refractivity contribution in [3.05, 3.63) is 24.2 Å². The lowest BCUT2D eigenvalue weighted by molar-refractivity contribution is -0.142. The number of furan rings is 1. The molecule has 2 rings (SSSR count). The maximum Gasteiger partial charge on any atom is 0.308 e. The van der Waals surface area contributed by atoms with E-state index in [1.165, 1.54) is 0 Å². The summed E-state index contributed by atoms with van der Waals surface area (Å²) in [5, 5.41) is 12.2. The minimum absolute atomic E-state index is 0.348. The highest BCUT2D eigenvalue weighted by Gasteiger charge is 2.45. The van der Waals surface area contributed by atoms with E-state index >= 15 is 0 Å². The molecule has 2 atom stereocenters. The van der Waals surface area contributed by atoms with E-state index in [1.807, 2.05) is 13.0 Å². The normalized spacial score (nSPS) is 31.9. The van der Waals surface area contributed by atoms with Crippen LogP contribution in [-0.4, -0.2) is 24.2 Å². The van der Waals surface area contributed by atoms with Crippen molar-refractivity contribution in [1.29, 1.82) is 0 Å². The molecule has 2 N–H and O–H groups in total. The third-order valence-electron chi connectivity index (χ3n) is 3.09. The second-order valence-corrected chi connectivity index (χ2v) is 3.95. The molecule has 1 aromatic rings. The molecule has 2 unspecified atom stereocenters. The van der Waals surface area contributed by atoms with Gasteiger partial charge in [0.2, 0.25) is 0 Å². The molecule has 2 heterocycles. The van der Waals surface area contributed by atoms with Crippen LogP contribution >= 0.6 is 0 Å². The maximum atomic E-state index is 11.0. The Hall–Kier alpha value is -1.29. The lowest BCUT2D eigenvalue weighted by Crippen LogP contribution is -2.35. The molecule has 1 aromatic heterocycles. The molecule has 1 saturated heterocycles. The third kappa shape index (κ3) is 1.23. The first-order valence-corrected chi connectivity index (χ1v) is 4.61. The quantitative estimate of drug-likeness (QED) is 0.734. The molecule has 4 heteroatoms. The molecule has 0 bridgehead atoms. The molecule has 0 saturated carbocycles. The van der Waals surface area contributed by atoms with E-state index in [1.54, 1.807) is 12.5 Å². The summed E-state index contributed by atoms with van der Waals surface area (Å²) in [7, 11) is 0. The molecule has 0 spiro atoms. The number of hydrogen-bond donors (Lipinski definition) is 2. The van der Waals surface area contributed by atoms with Gasteiger partial charge in [0.15, 0.2) is 0 Å². The van der Waals surface area contributed by atoms with Crippen molar-refractivity contribution in [2.45, 2.75) is 12.3 Å². The van der Waals surface area contributed by atoms with Gasteiger partial charge in [-0.25, -0.2) is 0 Å². The second kappa shape index (κ2) is 3.13. The van der Waals surface area contributed by atoms with Gasteiger partial charge >= 0.3 is 5.97 Å². The van der Waals surface area contributed by atoms with E-state index in [-0.39, 0.29) is 11.3 Å². The topological polar surface area (TPSA) is 62.5 Å². The fraction of sp³-hybridized carbons (Fsp3) is 0.500. The van der Waals surface area contributed by atoms with Crippen molar-refractivity contribution in [2.75, 3.05) is 13.1 Å². The van der Waals surface area contributed by atoms with E-state index in [9.17, 15) is 4.79 Å². The van der Waals surface area contributed by atoms with Crippen LogP contribution in [0.1, 0.15) is 12.5 Å². The van der Waals surface area contributed by atoms with Gasteiger partial charge in [-0.2, -0.15) is 0 Å². The number of nitrogens with one attached hydrogen (secondary N) is 1. The van der Waals surface area contributed by atoms with E-state index in [2.05, 4.69) is 5.32 Å². The lowest BCUT2D eigenvalue weighted by atomic mass is 9.75. The Morgan fingerprint density at radius 2 is 2.57 bits per heavy atom. The number of carboxylic acid groups (broad SMARTS) is 1. The summed E-state index contributed by atoms with van der Waals surface area (Å²) in [4.78, 5) is 11.0. The van der Waals surface area contributed by atoms with Crippen LogP contribution in [-0.2, 0) is 10.2 Å². The fourth-order valence-corrected chi connectivity index (χ4v) is 2.08. The summed E-state index contributed by atoms with van der Waals surface area (Å²) >= 11 is 0. The van der Waals surface area contributed by atoms with Gasteiger partial charge in [0.25, 0.3) is 0 Å². The van der Waals surface area contributed by atoms with Gasteiger partial charge in [-0.15, -0.1) is 0 Å².